The second kappa shape index (κ2) is 9.88. The van der Waals surface area contributed by atoms with Crippen molar-refractivity contribution >= 4 is 17.2 Å². The van der Waals surface area contributed by atoms with E-state index in [1.165, 1.54) is 12.3 Å². The predicted octanol–water partition coefficient (Wildman–Crippen LogP) is 5.30. The fraction of sp³-hybridized carbons (Fsp3) is 0.440. The number of aliphatic imine (C=N–C) groups is 1. The molecule has 162 valence electrons. The summed E-state index contributed by atoms with van der Waals surface area (Å²) in [7, 11) is 0. The zero-order chi connectivity index (χ0) is 22.5. The first-order valence-corrected chi connectivity index (χ1v) is 10.4. The zero-order valence-electron chi connectivity index (χ0n) is 19.1. The summed E-state index contributed by atoms with van der Waals surface area (Å²) in [4.78, 5) is 21.2. The molecule has 0 saturated carbocycles. The van der Waals surface area contributed by atoms with Crippen LogP contribution >= 0.6 is 0 Å². The number of halogens is 1. The van der Waals surface area contributed by atoms with Crippen LogP contribution in [-0.2, 0) is 4.79 Å². The van der Waals surface area contributed by atoms with E-state index in [2.05, 4.69) is 16.5 Å². The van der Waals surface area contributed by atoms with Gasteiger partial charge in [-0.25, -0.2) is 4.39 Å². The van der Waals surface area contributed by atoms with Crippen LogP contribution in [0.4, 0.5) is 4.39 Å². The van der Waals surface area contributed by atoms with Crippen LogP contribution in [0.3, 0.4) is 0 Å². The largest absolute Gasteiger partial charge is 0.371 e. The van der Waals surface area contributed by atoms with Gasteiger partial charge in [-0.2, -0.15) is 0 Å². The molecule has 0 atom stereocenters. The lowest BCUT2D eigenvalue weighted by atomic mass is 9.92. The van der Waals surface area contributed by atoms with Gasteiger partial charge in [0.25, 0.3) is 0 Å². The van der Waals surface area contributed by atoms with Crippen molar-refractivity contribution in [3.63, 3.8) is 0 Å². The van der Waals surface area contributed by atoms with Crippen molar-refractivity contribution in [2.75, 3.05) is 26.2 Å². The number of nitrogens with zero attached hydrogens (tertiary/aromatic N) is 3. The van der Waals surface area contributed by atoms with Crippen molar-refractivity contribution in [3.05, 3.63) is 65.8 Å². The number of hydrogen-bond acceptors (Lipinski definition) is 3. The van der Waals surface area contributed by atoms with Gasteiger partial charge in [-0.15, -0.1) is 0 Å². The van der Waals surface area contributed by atoms with Gasteiger partial charge in [-0.05, 0) is 32.4 Å². The molecule has 30 heavy (non-hydrogen) atoms. The van der Waals surface area contributed by atoms with Crippen molar-refractivity contribution in [2.45, 2.75) is 41.5 Å². The molecule has 0 aromatic heterocycles. The van der Waals surface area contributed by atoms with Crippen LogP contribution in [0, 0.1) is 11.2 Å². The Hall–Kier alpha value is -2.69. The molecular weight excluding hydrogens is 377 g/mol. The molecule has 0 unspecified atom stereocenters. The summed E-state index contributed by atoms with van der Waals surface area (Å²) in [5.41, 5.74) is 3.69. The highest BCUT2D eigenvalue weighted by molar-refractivity contribution is 6.12. The average Bonchev–Trinajstić information content (AvgIpc) is 2.71. The fourth-order valence-electron chi connectivity index (χ4n) is 3.84. The van der Waals surface area contributed by atoms with Crippen molar-refractivity contribution in [1.29, 1.82) is 0 Å². The number of carbonyl (C=O) groups is 1. The minimum atomic E-state index is -0.381. The predicted molar refractivity (Wildman–Crippen MR) is 124 cm³/mol. The van der Waals surface area contributed by atoms with Gasteiger partial charge in [0.2, 0.25) is 5.91 Å². The Kier molecular flexibility index (Phi) is 7.77. The summed E-state index contributed by atoms with van der Waals surface area (Å²) in [5, 5.41) is 0. The van der Waals surface area contributed by atoms with Crippen LogP contribution in [0.15, 0.2) is 59.4 Å². The molecule has 1 amide bonds. The normalized spacial score (nSPS) is 17.0. The van der Waals surface area contributed by atoms with Gasteiger partial charge in [0.05, 0.1) is 0 Å². The van der Waals surface area contributed by atoms with Gasteiger partial charge >= 0.3 is 0 Å². The topological polar surface area (TPSA) is 35.9 Å². The maximum atomic E-state index is 14.6. The van der Waals surface area contributed by atoms with E-state index in [0.717, 1.165) is 35.6 Å². The highest BCUT2D eigenvalue weighted by Gasteiger charge is 2.30. The highest BCUT2D eigenvalue weighted by Crippen LogP contribution is 2.31. The molecule has 1 fully saturated rings. The molecule has 1 aromatic rings. The third-order valence-corrected chi connectivity index (χ3v) is 5.41. The molecule has 1 aliphatic rings. The first-order chi connectivity index (χ1) is 14.1. The molecule has 0 spiro atoms. The molecule has 0 aliphatic carbocycles. The molecule has 4 nitrogen and oxygen atoms in total. The van der Waals surface area contributed by atoms with E-state index in [1.54, 1.807) is 12.1 Å². The monoisotopic (exact) mass is 411 g/mol. The molecule has 0 bridgehead atoms. The second-order valence-corrected chi connectivity index (χ2v) is 8.57. The minimum Gasteiger partial charge on any atom is -0.371 e. The van der Waals surface area contributed by atoms with E-state index >= 15 is 0 Å². The van der Waals surface area contributed by atoms with Crippen LogP contribution < -0.4 is 0 Å². The molecular formula is C25H34FN3O. The number of carbonyl (C=O) groups excluding carboxylic acids is 1. The molecule has 1 heterocycles. The molecule has 1 saturated heterocycles. The lowest BCUT2D eigenvalue weighted by Crippen LogP contribution is -2.51. The van der Waals surface area contributed by atoms with E-state index in [4.69, 9.17) is 0 Å². The molecule has 5 heteroatoms. The van der Waals surface area contributed by atoms with Crippen LogP contribution in [0.2, 0.25) is 0 Å². The number of rotatable bonds is 5. The summed E-state index contributed by atoms with van der Waals surface area (Å²) in [6.45, 7) is 18.3. The van der Waals surface area contributed by atoms with E-state index in [0.29, 0.717) is 18.7 Å². The number of hydrogen-bond donors (Lipinski definition) is 0. The van der Waals surface area contributed by atoms with Gasteiger partial charge in [-0.1, -0.05) is 51.6 Å². The highest BCUT2D eigenvalue weighted by atomic mass is 19.1. The summed E-state index contributed by atoms with van der Waals surface area (Å²) in [6.07, 6.45) is 3.44. The van der Waals surface area contributed by atoms with Crippen molar-refractivity contribution in [3.8, 4) is 0 Å². The molecule has 1 aliphatic heterocycles. The first kappa shape index (κ1) is 23.6. The summed E-state index contributed by atoms with van der Waals surface area (Å²) >= 11 is 0. The quantitative estimate of drug-likeness (QED) is 0.487. The number of piperazine rings is 1. The Labute approximate surface area is 180 Å². The molecule has 0 N–H and O–H groups in total. The Morgan fingerprint density at radius 1 is 1.10 bits per heavy atom. The van der Waals surface area contributed by atoms with E-state index in [-0.39, 0.29) is 17.1 Å². The number of benzene rings is 1. The van der Waals surface area contributed by atoms with E-state index in [9.17, 15) is 9.18 Å². The summed E-state index contributed by atoms with van der Waals surface area (Å²) in [5.74, 6) is -0.0863. The van der Waals surface area contributed by atoms with Gasteiger partial charge < -0.3 is 9.80 Å². The second-order valence-electron chi connectivity index (χ2n) is 8.57. The Balaban J connectivity index is 2.42. The van der Waals surface area contributed by atoms with Gasteiger partial charge in [0, 0.05) is 60.3 Å². The lowest BCUT2D eigenvalue weighted by Gasteiger charge is -2.39. The average molecular weight is 412 g/mol. The van der Waals surface area contributed by atoms with Gasteiger partial charge in [0.15, 0.2) is 0 Å². The van der Waals surface area contributed by atoms with Crippen LogP contribution in [0.1, 0.15) is 47.1 Å². The third kappa shape index (κ3) is 5.26. The Bertz CT molecular complexity index is 882. The maximum Gasteiger partial charge on any atom is 0.228 e. The van der Waals surface area contributed by atoms with Crippen molar-refractivity contribution in [1.82, 2.24) is 9.80 Å². The van der Waals surface area contributed by atoms with Gasteiger partial charge in [-0.3, -0.25) is 9.79 Å². The minimum absolute atomic E-state index is 0.175. The van der Waals surface area contributed by atoms with Crippen molar-refractivity contribution < 1.29 is 9.18 Å². The van der Waals surface area contributed by atoms with E-state index < -0.39 is 0 Å². The molecule has 1 aromatic carbocycles. The molecule has 0 radical (unpaired) electrons. The lowest BCUT2D eigenvalue weighted by molar-refractivity contribution is -0.141. The third-order valence-electron chi connectivity index (χ3n) is 5.41. The van der Waals surface area contributed by atoms with Crippen LogP contribution in [0.5, 0.6) is 0 Å². The maximum absolute atomic E-state index is 14.6. The fourth-order valence-corrected chi connectivity index (χ4v) is 3.84. The smallest absolute Gasteiger partial charge is 0.228 e. The SMILES string of the molecule is C=CN=C(C)C(/C(=C\C)c1ccccc1F)=C(\C)N1CCN(C(=O)C(C)(C)C)CC1. The molecule has 2 rings (SSSR count). The van der Waals surface area contributed by atoms with Gasteiger partial charge in [0.1, 0.15) is 5.82 Å². The van der Waals surface area contributed by atoms with Crippen molar-refractivity contribution in [2.24, 2.45) is 10.4 Å². The number of allylic oxidation sites excluding steroid dienone is 4. The Morgan fingerprint density at radius 2 is 1.67 bits per heavy atom. The Morgan fingerprint density at radius 3 is 2.17 bits per heavy atom. The van der Waals surface area contributed by atoms with Crippen LogP contribution in [0.25, 0.3) is 5.57 Å². The van der Waals surface area contributed by atoms with E-state index in [1.807, 2.05) is 58.6 Å². The number of amides is 1. The zero-order valence-corrected chi connectivity index (χ0v) is 19.1. The first-order valence-electron chi connectivity index (χ1n) is 10.4. The standard InChI is InChI=1S/C25H34FN3O/c1-8-20(21-12-10-11-13-22(21)26)23(18(3)27-9-2)19(4)28-14-16-29(17-15-28)24(30)25(5,6)7/h8-13H,2,14-17H2,1,3-7H3/b20-8-,23-19-,27-18?. The summed E-state index contributed by atoms with van der Waals surface area (Å²) < 4.78 is 14.6. The van der Waals surface area contributed by atoms with Crippen LogP contribution in [-0.4, -0.2) is 47.6 Å². The summed E-state index contributed by atoms with van der Waals surface area (Å²) in [6, 6.07) is 6.80.